The third-order valence-electron chi connectivity index (χ3n) is 3.38. The van der Waals surface area contributed by atoms with Crippen molar-refractivity contribution in [2.24, 2.45) is 5.92 Å². The van der Waals surface area contributed by atoms with E-state index in [-0.39, 0.29) is 0 Å². The smallest absolute Gasteiger partial charge is 0.0605 e. The first-order chi connectivity index (χ1) is 7.63. The maximum absolute atomic E-state index is 4.60. The van der Waals surface area contributed by atoms with Gasteiger partial charge in [0.15, 0.2) is 0 Å². The summed E-state index contributed by atoms with van der Waals surface area (Å²) >= 11 is 0. The third kappa shape index (κ3) is 2.82. The standard InChI is InChI=1S/C14H24N2/c1-6-12(7-2)14(15-5)13-11(4)8-10(3)9-16-13/h8-9,12,14-15H,6-7H2,1-5H3. The Morgan fingerprint density at radius 1 is 1.25 bits per heavy atom. The van der Waals surface area contributed by atoms with E-state index in [2.05, 4.69) is 44.1 Å². The van der Waals surface area contributed by atoms with Crippen LogP contribution >= 0.6 is 0 Å². The number of hydrogen-bond acceptors (Lipinski definition) is 2. The van der Waals surface area contributed by atoms with Gasteiger partial charge in [-0.15, -0.1) is 0 Å². The molecule has 0 aromatic carbocycles. The number of nitrogens with one attached hydrogen (secondary N) is 1. The molecular formula is C14H24N2. The average molecular weight is 220 g/mol. The molecule has 2 heteroatoms. The number of aromatic nitrogens is 1. The van der Waals surface area contributed by atoms with Crippen LogP contribution in [0, 0.1) is 19.8 Å². The highest BCUT2D eigenvalue weighted by Gasteiger charge is 2.21. The van der Waals surface area contributed by atoms with Gasteiger partial charge in [0, 0.05) is 6.20 Å². The first kappa shape index (κ1) is 13.2. The Morgan fingerprint density at radius 2 is 1.88 bits per heavy atom. The largest absolute Gasteiger partial charge is 0.311 e. The lowest BCUT2D eigenvalue weighted by atomic mass is 9.90. The molecule has 0 radical (unpaired) electrons. The van der Waals surface area contributed by atoms with E-state index in [1.807, 2.05) is 13.2 Å². The molecule has 1 heterocycles. The maximum Gasteiger partial charge on any atom is 0.0605 e. The van der Waals surface area contributed by atoms with Crippen molar-refractivity contribution in [2.75, 3.05) is 7.05 Å². The number of aryl methyl sites for hydroxylation is 2. The second kappa shape index (κ2) is 6.00. The van der Waals surface area contributed by atoms with Gasteiger partial charge in [-0.1, -0.05) is 32.8 Å². The molecule has 1 aromatic rings. The van der Waals surface area contributed by atoms with Crippen LogP contribution in [-0.4, -0.2) is 12.0 Å². The Bertz CT molecular complexity index is 330. The van der Waals surface area contributed by atoms with Crippen molar-refractivity contribution < 1.29 is 0 Å². The molecule has 1 rings (SSSR count). The minimum Gasteiger partial charge on any atom is -0.311 e. The summed E-state index contributed by atoms with van der Waals surface area (Å²) in [5, 5.41) is 3.42. The summed E-state index contributed by atoms with van der Waals surface area (Å²) in [7, 11) is 2.03. The van der Waals surface area contributed by atoms with Crippen LogP contribution in [0.3, 0.4) is 0 Å². The van der Waals surface area contributed by atoms with Crippen LogP contribution in [-0.2, 0) is 0 Å². The minimum absolute atomic E-state index is 0.385. The third-order valence-corrected chi connectivity index (χ3v) is 3.38. The van der Waals surface area contributed by atoms with E-state index in [4.69, 9.17) is 0 Å². The highest BCUT2D eigenvalue weighted by atomic mass is 14.9. The van der Waals surface area contributed by atoms with E-state index in [1.54, 1.807) is 0 Å². The van der Waals surface area contributed by atoms with Gasteiger partial charge >= 0.3 is 0 Å². The minimum atomic E-state index is 0.385. The van der Waals surface area contributed by atoms with Crippen LogP contribution in [0.5, 0.6) is 0 Å². The van der Waals surface area contributed by atoms with E-state index in [1.165, 1.54) is 29.7 Å². The van der Waals surface area contributed by atoms with Crippen molar-refractivity contribution in [1.29, 1.82) is 0 Å². The van der Waals surface area contributed by atoms with Gasteiger partial charge in [-0.3, -0.25) is 4.98 Å². The summed E-state index contributed by atoms with van der Waals surface area (Å²) in [6, 6.07) is 2.60. The van der Waals surface area contributed by atoms with Crippen LogP contribution < -0.4 is 5.32 Å². The molecule has 0 spiro atoms. The lowest BCUT2D eigenvalue weighted by Gasteiger charge is -2.25. The quantitative estimate of drug-likeness (QED) is 0.822. The van der Waals surface area contributed by atoms with Crippen molar-refractivity contribution in [1.82, 2.24) is 10.3 Å². The van der Waals surface area contributed by atoms with E-state index in [9.17, 15) is 0 Å². The topological polar surface area (TPSA) is 24.9 Å². The molecule has 0 fully saturated rings. The first-order valence-electron chi connectivity index (χ1n) is 6.24. The average Bonchev–Trinajstić information content (AvgIpc) is 2.27. The molecule has 0 saturated heterocycles. The second-order valence-electron chi connectivity index (χ2n) is 4.56. The molecule has 0 aliphatic carbocycles. The molecule has 1 atom stereocenters. The van der Waals surface area contributed by atoms with Crippen LogP contribution in [0.15, 0.2) is 12.3 Å². The normalized spacial score (nSPS) is 13.1. The Kier molecular flexibility index (Phi) is 4.94. The number of hydrogen-bond donors (Lipinski definition) is 1. The Hall–Kier alpha value is -0.890. The van der Waals surface area contributed by atoms with Gasteiger partial charge in [-0.05, 0) is 37.9 Å². The molecular weight excluding hydrogens is 196 g/mol. The summed E-state index contributed by atoms with van der Waals surface area (Å²) in [5.41, 5.74) is 3.74. The summed E-state index contributed by atoms with van der Waals surface area (Å²) in [5.74, 6) is 0.666. The van der Waals surface area contributed by atoms with Gasteiger partial charge in [-0.2, -0.15) is 0 Å². The molecule has 0 amide bonds. The lowest BCUT2D eigenvalue weighted by molar-refractivity contribution is 0.352. The number of pyridine rings is 1. The highest BCUT2D eigenvalue weighted by molar-refractivity contribution is 5.26. The van der Waals surface area contributed by atoms with Crippen LogP contribution in [0.4, 0.5) is 0 Å². The zero-order chi connectivity index (χ0) is 12.1. The zero-order valence-corrected chi connectivity index (χ0v) is 11.2. The second-order valence-corrected chi connectivity index (χ2v) is 4.56. The summed E-state index contributed by atoms with van der Waals surface area (Å²) in [6.07, 6.45) is 4.35. The predicted octanol–water partition coefficient (Wildman–Crippen LogP) is 3.40. The van der Waals surface area contributed by atoms with Crippen molar-refractivity contribution in [3.63, 3.8) is 0 Å². The van der Waals surface area contributed by atoms with Crippen LogP contribution in [0.25, 0.3) is 0 Å². The van der Waals surface area contributed by atoms with E-state index < -0.39 is 0 Å². The fourth-order valence-electron chi connectivity index (χ4n) is 2.41. The molecule has 90 valence electrons. The van der Waals surface area contributed by atoms with Gasteiger partial charge in [0.05, 0.1) is 11.7 Å². The monoisotopic (exact) mass is 220 g/mol. The molecule has 0 saturated carbocycles. The van der Waals surface area contributed by atoms with Gasteiger partial charge < -0.3 is 5.32 Å². The Labute approximate surface area is 99.5 Å². The molecule has 1 unspecified atom stereocenters. The van der Waals surface area contributed by atoms with Gasteiger partial charge in [0.1, 0.15) is 0 Å². The van der Waals surface area contributed by atoms with Gasteiger partial charge in [0.2, 0.25) is 0 Å². The molecule has 0 aliphatic rings. The Morgan fingerprint density at radius 3 is 2.31 bits per heavy atom. The van der Waals surface area contributed by atoms with Crippen molar-refractivity contribution >= 4 is 0 Å². The number of rotatable bonds is 5. The lowest BCUT2D eigenvalue weighted by Crippen LogP contribution is -2.26. The predicted molar refractivity (Wildman–Crippen MR) is 69.6 cm³/mol. The summed E-state index contributed by atoms with van der Waals surface area (Å²) in [6.45, 7) is 8.75. The zero-order valence-electron chi connectivity index (χ0n) is 11.2. The van der Waals surface area contributed by atoms with Crippen LogP contribution in [0.2, 0.25) is 0 Å². The first-order valence-corrected chi connectivity index (χ1v) is 6.24. The fraction of sp³-hybridized carbons (Fsp3) is 0.643. The summed E-state index contributed by atoms with van der Waals surface area (Å²) in [4.78, 5) is 4.60. The van der Waals surface area contributed by atoms with Crippen LogP contribution in [0.1, 0.15) is 49.6 Å². The molecule has 0 aliphatic heterocycles. The van der Waals surface area contributed by atoms with Gasteiger partial charge in [-0.25, -0.2) is 0 Å². The van der Waals surface area contributed by atoms with Gasteiger partial charge in [0.25, 0.3) is 0 Å². The number of nitrogens with zero attached hydrogens (tertiary/aromatic N) is 1. The molecule has 1 N–H and O–H groups in total. The SMILES string of the molecule is CCC(CC)C(NC)c1ncc(C)cc1C. The van der Waals surface area contributed by atoms with E-state index in [0.717, 1.165) is 0 Å². The maximum atomic E-state index is 4.60. The van der Waals surface area contributed by atoms with Crippen molar-refractivity contribution in [3.05, 3.63) is 29.1 Å². The van der Waals surface area contributed by atoms with Crippen molar-refractivity contribution in [3.8, 4) is 0 Å². The highest BCUT2D eigenvalue weighted by Crippen LogP contribution is 2.27. The molecule has 16 heavy (non-hydrogen) atoms. The van der Waals surface area contributed by atoms with E-state index >= 15 is 0 Å². The van der Waals surface area contributed by atoms with Crippen molar-refractivity contribution in [2.45, 2.75) is 46.6 Å². The molecule has 2 nitrogen and oxygen atoms in total. The fourth-order valence-corrected chi connectivity index (χ4v) is 2.41. The van der Waals surface area contributed by atoms with E-state index in [0.29, 0.717) is 12.0 Å². The Balaban J connectivity index is 3.03. The summed E-state index contributed by atoms with van der Waals surface area (Å²) < 4.78 is 0. The molecule has 0 bridgehead atoms. The molecule has 1 aromatic heterocycles.